The lowest BCUT2D eigenvalue weighted by atomic mass is 10.0. The summed E-state index contributed by atoms with van der Waals surface area (Å²) in [5.74, 6) is -0.0990. The van der Waals surface area contributed by atoms with Crippen LogP contribution < -0.4 is 10.0 Å². The smallest absolute Gasteiger partial charge is 0.316 e. The molecular formula is C13H17F3N2O2S. The first-order valence-corrected chi connectivity index (χ1v) is 8.30. The molecule has 0 bridgehead atoms. The highest BCUT2D eigenvalue weighted by molar-refractivity contribution is 7.92. The van der Waals surface area contributed by atoms with Crippen LogP contribution in [-0.4, -0.2) is 27.3 Å². The molecule has 1 saturated heterocycles. The van der Waals surface area contributed by atoms with Gasteiger partial charge in [0.05, 0.1) is 11.3 Å². The summed E-state index contributed by atoms with van der Waals surface area (Å²) in [6.07, 6.45) is -2.78. The normalized spacial score (nSPS) is 20.2. The molecular weight excluding hydrogens is 305 g/mol. The maximum atomic E-state index is 12.6. The van der Waals surface area contributed by atoms with Gasteiger partial charge in [-0.1, -0.05) is 6.07 Å². The van der Waals surface area contributed by atoms with Crippen molar-refractivity contribution in [3.63, 3.8) is 0 Å². The first kappa shape index (κ1) is 16.1. The minimum Gasteiger partial charge on any atom is -0.316 e. The van der Waals surface area contributed by atoms with Crippen LogP contribution in [0.1, 0.15) is 18.4 Å². The Morgan fingerprint density at radius 3 is 2.71 bits per heavy atom. The van der Waals surface area contributed by atoms with E-state index in [9.17, 15) is 21.6 Å². The zero-order chi connectivity index (χ0) is 15.5. The fourth-order valence-electron chi connectivity index (χ4n) is 2.36. The van der Waals surface area contributed by atoms with Gasteiger partial charge < -0.3 is 5.32 Å². The van der Waals surface area contributed by atoms with E-state index in [4.69, 9.17) is 0 Å². The molecule has 1 fully saturated rings. The summed E-state index contributed by atoms with van der Waals surface area (Å²) in [4.78, 5) is 0. The van der Waals surface area contributed by atoms with Gasteiger partial charge in [0.15, 0.2) is 0 Å². The van der Waals surface area contributed by atoms with Crippen LogP contribution in [0, 0.1) is 5.92 Å². The quantitative estimate of drug-likeness (QED) is 0.895. The molecule has 0 spiro atoms. The van der Waals surface area contributed by atoms with Crippen molar-refractivity contribution in [1.82, 2.24) is 5.32 Å². The second kappa shape index (κ2) is 6.23. The van der Waals surface area contributed by atoms with E-state index in [1.807, 2.05) is 0 Å². The summed E-state index contributed by atoms with van der Waals surface area (Å²) >= 11 is 0. The molecule has 4 nitrogen and oxygen atoms in total. The summed E-state index contributed by atoms with van der Waals surface area (Å²) in [6.45, 7) is 1.49. The van der Waals surface area contributed by atoms with E-state index in [-0.39, 0.29) is 17.4 Å². The Kier molecular flexibility index (Phi) is 4.77. The number of hydrogen-bond acceptors (Lipinski definition) is 3. The number of halogens is 3. The summed E-state index contributed by atoms with van der Waals surface area (Å²) in [7, 11) is -3.65. The molecule has 0 aromatic heterocycles. The fraction of sp³-hybridized carbons (Fsp3) is 0.538. The predicted octanol–water partition coefficient (Wildman–Crippen LogP) is 2.45. The highest BCUT2D eigenvalue weighted by atomic mass is 32.2. The fourth-order valence-corrected chi connectivity index (χ4v) is 3.83. The van der Waals surface area contributed by atoms with Crippen LogP contribution >= 0.6 is 0 Å². The van der Waals surface area contributed by atoms with Crippen molar-refractivity contribution in [2.45, 2.75) is 19.0 Å². The molecule has 0 aliphatic carbocycles. The first-order chi connectivity index (χ1) is 9.76. The van der Waals surface area contributed by atoms with Gasteiger partial charge in [0.25, 0.3) is 0 Å². The van der Waals surface area contributed by atoms with E-state index in [1.165, 1.54) is 12.1 Å². The van der Waals surface area contributed by atoms with Gasteiger partial charge >= 0.3 is 6.18 Å². The third-order valence-corrected chi connectivity index (χ3v) is 4.77. The minimum atomic E-state index is -4.49. The summed E-state index contributed by atoms with van der Waals surface area (Å²) in [5.41, 5.74) is -0.935. The lowest BCUT2D eigenvalue weighted by molar-refractivity contribution is -0.137. The molecule has 0 saturated carbocycles. The summed E-state index contributed by atoms with van der Waals surface area (Å²) < 4.78 is 64.0. The Morgan fingerprint density at radius 2 is 2.10 bits per heavy atom. The van der Waals surface area contributed by atoms with Gasteiger partial charge in [0.1, 0.15) is 0 Å². The average Bonchev–Trinajstić information content (AvgIpc) is 2.38. The standard InChI is InChI=1S/C13H17F3N2O2S/c14-13(15,16)11-4-1-5-12(7-11)18-21(19,20)9-10-3-2-6-17-8-10/h1,4-5,7,10,17-18H,2-3,6,8-9H2. The molecule has 1 aliphatic heterocycles. The Hall–Kier alpha value is -1.28. The van der Waals surface area contributed by atoms with Crippen molar-refractivity contribution in [3.05, 3.63) is 29.8 Å². The Morgan fingerprint density at radius 1 is 1.33 bits per heavy atom. The Balaban J connectivity index is 2.06. The number of hydrogen-bond donors (Lipinski definition) is 2. The van der Waals surface area contributed by atoms with Crippen LogP contribution in [0.3, 0.4) is 0 Å². The van der Waals surface area contributed by atoms with E-state index in [0.29, 0.717) is 6.54 Å². The number of sulfonamides is 1. The van der Waals surface area contributed by atoms with Crippen molar-refractivity contribution >= 4 is 15.7 Å². The molecule has 2 N–H and O–H groups in total. The number of benzene rings is 1. The Bertz CT molecular complexity index is 581. The second-order valence-corrected chi connectivity index (χ2v) is 6.94. The van der Waals surface area contributed by atoms with Crippen LogP contribution in [0.15, 0.2) is 24.3 Å². The highest BCUT2D eigenvalue weighted by Crippen LogP contribution is 2.31. The van der Waals surface area contributed by atoms with Crippen molar-refractivity contribution < 1.29 is 21.6 Å². The van der Waals surface area contributed by atoms with Crippen LogP contribution in [0.25, 0.3) is 0 Å². The van der Waals surface area contributed by atoms with E-state index in [2.05, 4.69) is 10.0 Å². The van der Waals surface area contributed by atoms with E-state index in [0.717, 1.165) is 31.5 Å². The van der Waals surface area contributed by atoms with Crippen LogP contribution in [0.2, 0.25) is 0 Å². The SMILES string of the molecule is O=S(=O)(CC1CCCNC1)Nc1cccc(C(F)(F)F)c1. The van der Waals surface area contributed by atoms with E-state index >= 15 is 0 Å². The number of alkyl halides is 3. The molecule has 21 heavy (non-hydrogen) atoms. The third-order valence-electron chi connectivity index (χ3n) is 3.32. The topological polar surface area (TPSA) is 58.2 Å². The van der Waals surface area contributed by atoms with E-state index < -0.39 is 21.8 Å². The summed E-state index contributed by atoms with van der Waals surface area (Å²) in [6, 6.07) is 4.20. The van der Waals surface area contributed by atoms with Crippen molar-refractivity contribution in [3.8, 4) is 0 Å². The largest absolute Gasteiger partial charge is 0.416 e. The molecule has 0 radical (unpaired) electrons. The third kappa shape index (κ3) is 4.89. The van der Waals surface area contributed by atoms with Crippen molar-refractivity contribution in [2.75, 3.05) is 23.6 Å². The molecule has 1 aliphatic rings. The van der Waals surface area contributed by atoms with Gasteiger partial charge in [-0.3, -0.25) is 4.72 Å². The number of rotatable bonds is 4. The lowest BCUT2D eigenvalue weighted by Crippen LogP contribution is -2.35. The number of piperidine rings is 1. The summed E-state index contributed by atoms with van der Waals surface area (Å²) in [5, 5.41) is 3.11. The molecule has 1 unspecified atom stereocenters. The molecule has 1 aromatic carbocycles. The predicted molar refractivity (Wildman–Crippen MR) is 74.4 cm³/mol. The monoisotopic (exact) mass is 322 g/mol. The average molecular weight is 322 g/mol. The van der Waals surface area contributed by atoms with Gasteiger partial charge in [0.2, 0.25) is 10.0 Å². The molecule has 8 heteroatoms. The highest BCUT2D eigenvalue weighted by Gasteiger charge is 2.30. The zero-order valence-corrected chi connectivity index (χ0v) is 12.1. The minimum absolute atomic E-state index is 0.0120. The van der Waals surface area contributed by atoms with Crippen LogP contribution in [-0.2, 0) is 16.2 Å². The number of nitrogens with one attached hydrogen (secondary N) is 2. The van der Waals surface area contributed by atoms with E-state index in [1.54, 1.807) is 0 Å². The first-order valence-electron chi connectivity index (χ1n) is 6.65. The Labute approximate surface area is 121 Å². The molecule has 1 aromatic rings. The zero-order valence-electron chi connectivity index (χ0n) is 11.3. The molecule has 1 atom stereocenters. The molecule has 118 valence electrons. The van der Waals surface area contributed by atoms with Gasteiger partial charge in [-0.25, -0.2) is 8.42 Å². The van der Waals surface area contributed by atoms with Crippen LogP contribution in [0.5, 0.6) is 0 Å². The van der Waals surface area contributed by atoms with Crippen LogP contribution in [0.4, 0.5) is 18.9 Å². The molecule has 2 rings (SSSR count). The maximum Gasteiger partial charge on any atom is 0.416 e. The second-order valence-electron chi connectivity index (χ2n) is 5.17. The lowest BCUT2D eigenvalue weighted by Gasteiger charge is -2.22. The van der Waals surface area contributed by atoms with Gasteiger partial charge in [-0.15, -0.1) is 0 Å². The molecule has 1 heterocycles. The van der Waals surface area contributed by atoms with Gasteiger partial charge in [0, 0.05) is 5.69 Å². The maximum absolute atomic E-state index is 12.6. The van der Waals surface area contributed by atoms with Gasteiger partial charge in [-0.05, 0) is 50.0 Å². The number of anilines is 1. The van der Waals surface area contributed by atoms with Crippen molar-refractivity contribution in [2.24, 2.45) is 5.92 Å². The van der Waals surface area contributed by atoms with Crippen molar-refractivity contribution in [1.29, 1.82) is 0 Å². The molecule has 0 amide bonds. The van der Waals surface area contributed by atoms with Gasteiger partial charge in [-0.2, -0.15) is 13.2 Å².